The van der Waals surface area contributed by atoms with E-state index in [0.29, 0.717) is 24.6 Å². The molecule has 0 atom stereocenters. The van der Waals surface area contributed by atoms with Crippen molar-refractivity contribution in [3.8, 4) is 0 Å². The first-order valence-electron chi connectivity index (χ1n) is 9.12. The third-order valence-corrected chi connectivity index (χ3v) is 4.92. The molecular weight excluding hydrogens is 334 g/mol. The highest BCUT2D eigenvalue weighted by molar-refractivity contribution is 5.76. The predicted molar refractivity (Wildman–Crippen MR) is 98.9 cm³/mol. The van der Waals surface area contributed by atoms with Gasteiger partial charge in [0.1, 0.15) is 0 Å². The molecule has 0 aromatic heterocycles. The van der Waals surface area contributed by atoms with Crippen LogP contribution < -0.4 is 5.32 Å². The van der Waals surface area contributed by atoms with E-state index in [1.807, 2.05) is 11.0 Å². The SMILES string of the molecule is O=C(CCNc1ccc(F)c(F)c1)N1CCC(Cc2ccccc2)CC1. The largest absolute Gasteiger partial charge is 0.384 e. The third-order valence-electron chi connectivity index (χ3n) is 4.92. The Labute approximate surface area is 153 Å². The topological polar surface area (TPSA) is 32.3 Å². The Hall–Kier alpha value is -2.43. The molecule has 1 fully saturated rings. The summed E-state index contributed by atoms with van der Waals surface area (Å²) >= 11 is 0. The second kappa shape index (κ2) is 8.79. The minimum atomic E-state index is -0.887. The van der Waals surface area contributed by atoms with Gasteiger partial charge in [-0.05, 0) is 48.9 Å². The van der Waals surface area contributed by atoms with Crippen molar-refractivity contribution in [1.29, 1.82) is 0 Å². The molecule has 3 rings (SSSR count). The van der Waals surface area contributed by atoms with Crippen molar-refractivity contribution in [3.05, 3.63) is 65.7 Å². The van der Waals surface area contributed by atoms with Crippen LogP contribution in [0.3, 0.4) is 0 Å². The van der Waals surface area contributed by atoms with Crippen LogP contribution in [0.25, 0.3) is 0 Å². The molecule has 0 bridgehead atoms. The Morgan fingerprint density at radius 3 is 2.46 bits per heavy atom. The molecule has 0 unspecified atom stereocenters. The Balaban J connectivity index is 1.38. The number of likely N-dealkylation sites (tertiary alicyclic amines) is 1. The van der Waals surface area contributed by atoms with Gasteiger partial charge in [-0.3, -0.25) is 4.79 Å². The lowest BCUT2D eigenvalue weighted by atomic mass is 9.90. The molecule has 0 saturated carbocycles. The maximum absolute atomic E-state index is 13.2. The standard InChI is InChI=1S/C21H24F2N2O/c22-19-7-6-18(15-20(19)23)24-11-8-21(26)25-12-9-17(10-13-25)14-16-4-2-1-3-5-16/h1-7,15,17,24H,8-14H2. The second-order valence-electron chi connectivity index (χ2n) is 6.82. The minimum Gasteiger partial charge on any atom is -0.384 e. The first-order chi connectivity index (χ1) is 12.6. The van der Waals surface area contributed by atoms with Gasteiger partial charge in [-0.15, -0.1) is 0 Å². The van der Waals surface area contributed by atoms with Crippen LogP contribution in [0.4, 0.5) is 14.5 Å². The highest BCUT2D eigenvalue weighted by Crippen LogP contribution is 2.22. The van der Waals surface area contributed by atoms with Gasteiger partial charge >= 0.3 is 0 Å². The predicted octanol–water partition coefficient (Wildman–Crippen LogP) is 4.25. The maximum Gasteiger partial charge on any atom is 0.224 e. The smallest absolute Gasteiger partial charge is 0.224 e. The fraction of sp³-hybridized carbons (Fsp3) is 0.381. The van der Waals surface area contributed by atoms with Crippen LogP contribution in [0, 0.1) is 17.6 Å². The third kappa shape index (κ3) is 5.04. The summed E-state index contributed by atoms with van der Waals surface area (Å²) < 4.78 is 26.1. The second-order valence-corrected chi connectivity index (χ2v) is 6.82. The van der Waals surface area contributed by atoms with E-state index in [1.165, 1.54) is 11.6 Å². The number of amides is 1. The Bertz CT molecular complexity index is 728. The number of anilines is 1. The van der Waals surface area contributed by atoms with Crippen molar-refractivity contribution in [2.75, 3.05) is 25.0 Å². The fourth-order valence-electron chi connectivity index (χ4n) is 3.41. The molecule has 26 heavy (non-hydrogen) atoms. The van der Waals surface area contributed by atoms with Crippen LogP contribution in [0.5, 0.6) is 0 Å². The average Bonchev–Trinajstić information content (AvgIpc) is 2.66. The number of hydrogen-bond donors (Lipinski definition) is 1. The van der Waals surface area contributed by atoms with Crippen LogP contribution in [-0.4, -0.2) is 30.4 Å². The summed E-state index contributed by atoms with van der Waals surface area (Å²) in [5, 5.41) is 2.97. The van der Waals surface area contributed by atoms with Crippen LogP contribution in [0.1, 0.15) is 24.8 Å². The minimum absolute atomic E-state index is 0.109. The Kier molecular flexibility index (Phi) is 6.21. The van der Waals surface area contributed by atoms with Crippen LogP contribution in [0.2, 0.25) is 0 Å². The summed E-state index contributed by atoms with van der Waals surface area (Å²) in [6.45, 7) is 2.00. The van der Waals surface area contributed by atoms with Crippen molar-refractivity contribution in [3.63, 3.8) is 0 Å². The Morgan fingerprint density at radius 2 is 1.77 bits per heavy atom. The highest BCUT2D eigenvalue weighted by atomic mass is 19.2. The summed E-state index contributed by atoms with van der Waals surface area (Å²) in [5.41, 5.74) is 1.84. The highest BCUT2D eigenvalue weighted by Gasteiger charge is 2.22. The molecule has 1 saturated heterocycles. The average molecular weight is 358 g/mol. The molecule has 0 radical (unpaired) electrons. The lowest BCUT2D eigenvalue weighted by Crippen LogP contribution is -2.39. The van der Waals surface area contributed by atoms with Crippen molar-refractivity contribution in [2.45, 2.75) is 25.7 Å². The van der Waals surface area contributed by atoms with Crippen LogP contribution >= 0.6 is 0 Å². The number of benzene rings is 2. The molecule has 2 aromatic rings. The molecule has 1 aliphatic heterocycles. The number of nitrogens with zero attached hydrogens (tertiary/aromatic N) is 1. The number of piperidine rings is 1. The van der Waals surface area contributed by atoms with E-state index in [-0.39, 0.29) is 5.91 Å². The van der Waals surface area contributed by atoms with Gasteiger partial charge in [0.25, 0.3) is 0 Å². The molecule has 1 aliphatic rings. The molecule has 1 amide bonds. The molecule has 2 aromatic carbocycles. The molecule has 5 heteroatoms. The molecule has 1 heterocycles. The van der Waals surface area contributed by atoms with Gasteiger partial charge in [-0.2, -0.15) is 0 Å². The van der Waals surface area contributed by atoms with Crippen molar-refractivity contribution < 1.29 is 13.6 Å². The van der Waals surface area contributed by atoms with Gasteiger partial charge < -0.3 is 10.2 Å². The first-order valence-corrected chi connectivity index (χ1v) is 9.12. The zero-order valence-corrected chi connectivity index (χ0v) is 14.8. The van der Waals surface area contributed by atoms with Crippen molar-refractivity contribution in [2.24, 2.45) is 5.92 Å². The molecule has 138 valence electrons. The van der Waals surface area contributed by atoms with E-state index in [1.54, 1.807) is 0 Å². The van der Waals surface area contributed by atoms with Gasteiger partial charge in [-0.25, -0.2) is 8.78 Å². The number of halogens is 2. The van der Waals surface area contributed by atoms with Crippen LogP contribution in [-0.2, 0) is 11.2 Å². The number of nitrogens with one attached hydrogen (secondary N) is 1. The number of carbonyl (C=O) groups is 1. The zero-order chi connectivity index (χ0) is 18.4. The lowest BCUT2D eigenvalue weighted by molar-refractivity contribution is -0.132. The van der Waals surface area contributed by atoms with Crippen LogP contribution in [0.15, 0.2) is 48.5 Å². The van der Waals surface area contributed by atoms with E-state index in [2.05, 4.69) is 29.6 Å². The van der Waals surface area contributed by atoms with E-state index >= 15 is 0 Å². The molecule has 3 nitrogen and oxygen atoms in total. The zero-order valence-electron chi connectivity index (χ0n) is 14.8. The number of hydrogen-bond acceptors (Lipinski definition) is 2. The monoisotopic (exact) mass is 358 g/mol. The lowest BCUT2D eigenvalue weighted by Gasteiger charge is -2.32. The van der Waals surface area contributed by atoms with E-state index in [4.69, 9.17) is 0 Å². The van der Waals surface area contributed by atoms with E-state index < -0.39 is 11.6 Å². The van der Waals surface area contributed by atoms with Gasteiger partial charge in [0.2, 0.25) is 5.91 Å². The summed E-state index contributed by atoms with van der Waals surface area (Å²) in [6, 6.07) is 14.1. The molecule has 1 N–H and O–H groups in total. The number of carbonyl (C=O) groups excluding carboxylic acids is 1. The van der Waals surface area contributed by atoms with Crippen molar-refractivity contribution in [1.82, 2.24) is 4.90 Å². The summed E-state index contributed by atoms with van der Waals surface area (Å²) in [6.07, 6.45) is 3.47. The van der Waals surface area contributed by atoms with Gasteiger partial charge in [0.15, 0.2) is 11.6 Å². The molecule has 0 aliphatic carbocycles. The fourth-order valence-corrected chi connectivity index (χ4v) is 3.41. The summed E-state index contributed by atoms with van der Waals surface area (Å²) in [7, 11) is 0. The molecular formula is C21H24F2N2O. The number of rotatable bonds is 6. The van der Waals surface area contributed by atoms with E-state index in [9.17, 15) is 13.6 Å². The van der Waals surface area contributed by atoms with Gasteiger partial charge in [0.05, 0.1) is 0 Å². The molecule has 0 spiro atoms. The first kappa shape index (κ1) is 18.4. The maximum atomic E-state index is 13.2. The summed E-state index contributed by atoms with van der Waals surface area (Å²) in [4.78, 5) is 14.2. The normalized spacial score (nSPS) is 15.1. The Morgan fingerprint density at radius 1 is 1.04 bits per heavy atom. The van der Waals surface area contributed by atoms with Gasteiger partial charge in [-0.1, -0.05) is 30.3 Å². The quantitative estimate of drug-likeness (QED) is 0.837. The van der Waals surface area contributed by atoms with E-state index in [0.717, 1.165) is 44.5 Å². The van der Waals surface area contributed by atoms with Crippen molar-refractivity contribution >= 4 is 11.6 Å². The van der Waals surface area contributed by atoms with Gasteiger partial charge in [0, 0.05) is 31.7 Å². The summed E-state index contributed by atoms with van der Waals surface area (Å²) in [5.74, 6) is -1.02.